The van der Waals surface area contributed by atoms with E-state index in [1.807, 2.05) is 6.07 Å². The number of H-pyrrole nitrogens is 1. The average Bonchev–Trinajstić information content (AvgIpc) is 1.76. The van der Waals surface area contributed by atoms with Gasteiger partial charge in [0.2, 0.25) is 0 Å². The number of hydrogen-bond donors (Lipinski definition) is 1. The summed E-state index contributed by atoms with van der Waals surface area (Å²) in [7, 11) is 0. The fourth-order valence-corrected chi connectivity index (χ4v) is 0.215. The molecule has 6 heavy (non-hydrogen) atoms. The molecule has 1 aromatic rings. The van der Waals surface area contributed by atoms with Gasteiger partial charge in [-0.2, -0.15) is 5.10 Å². The maximum atomic E-state index is 3.60. The standard InChI is InChI=1S/C3H4N2.Na.H/c1-2-4-5-3-1;;/h1-3H,(H,4,5);;/q;+1;-1. The van der Waals surface area contributed by atoms with E-state index in [1.54, 1.807) is 12.4 Å². The van der Waals surface area contributed by atoms with Gasteiger partial charge in [-0.05, 0) is 6.07 Å². The van der Waals surface area contributed by atoms with Gasteiger partial charge in [0.1, 0.15) is 0 Å². The summed E-state index contributed by atoms with van der Waals surface area (Å²) in [6, 6.07) is 1.83. The van der Waals surface area contributed by atoms with Crippen molar-refractivity contribution in [2.24, 2.45) is 0 Å². The molecule has 0 saturated carbocycles. The van der Waals surface area contributed by atoms with Crippen LogP contribution >= 0.6 is 0 Å². The third-order valence-electron chi connectivity index (χ3n) is 0.406. The average molecular weight is 92.1 g/mol. The van der Waals surface area contributed by atoms with E-state index < -0.39 is 0 Å². The predicted molar refractivity (Wildman–Crippen MR) is 19.7 cm³/mol. The van der Waals surface area contributed by atoms with Gasteiger partial charge in [0, 0.05) is 12.4 Å². The molecule has 0 aliphatic rings. The molecule has 0 fully saturated rings. The number of aromatic amines is 1. The Morgan fingerprint density at radius 1 is 1.67 bits per heavy atom. The molecule has 0 saturated heterocycles. The summed E-state index contributed by atoms with van der Waals surface area (Å²) < 4.78 is 0. The minimum Gasteiger partial charge on any atom is -1.00 e. The molecule has 1 heterocycles. The van der Waals surface area contributed by atoms with Crippen molar-refractivity contribution in [3.63, 3.8) is 0 Å². The molecular formula is C3H5N2Na. The molecule has 0 atom stereocenters. The van der Waals surface area contributed by atoms with E-state index >= 15 is 0 Å². The van der Waals surface area contributed by atoms with Gasteiger partial charge < -0.3 is 1.43 Å². The molecule has 0 spiro atoms. The van der Waals surface area contributed by atoms with Crippen LogP contribution in [0.1, 0.15) is 1.43 Å². The van der Waals surface area contributed by atoms with Crippen LogP contribution in [0.25, 0.3) is 0 Å². The SMILES string of the molecule is [H-].[Na+].c1cn[nH]c1. The third kappa shape index (κ3) is 1.60. The number of nitrogens with one attached hydrogen (secondary N) is 1. The van der Waals surface area contributed by atoms with Crippen molar-refractivity contribution in [2.75, 3.05) is 0 Å². The van der Waals surface area contributed by atoms with E-state index in [-0.39, 0.29) is 31.0 Å². The number of nitrogens with zero attached hydrogens (tertiary/aromatic N) is 1. The maximum absolute atomic E-state index is 3.60. The Balaban J connectivity index is 0. The van der Waals surface area contributed by atoms with Gasteiger partial charge in [-0.3, -0.25) is 5.10 Å². The van der Waals surface area contributed by atoms with Crippen LogP contribution in [-0.2, 0) is 0 Å². The fraction of sp³-hybridized carbons (Fsp3) is 0. The molecule has 0 bridgehead atoms. The van der Waals surface area contributed by atoms with Crippen LogP contribution in [0.5, 0.6) is 0 Å². The molecule has 0 aromatic carbocycles. The van der Waals surface area contributed by atoms with Gasteiger partial charge in [0.05, 0.1) is 0 Å². The minimum absolute atomic E-state index is 0. The largest absolute Gasteiger partial charge is 1.00 e. The van der Waals surface area contributed by atoms with Crippen LogP contribution in [0.4, 0.5) is 0 Å². The topological polar surface area (TPSA) is 28.7 Å². The van der Waals surface area contributed by atoms with Crippen LogP contribution in [0.15, 0.2) is 18.5 Å². The van der Waals surface area contributed by atoms with Crippen molar-refractivity contribution < 1.29 is 31.0 Å². The van der Waals surface area contributed by atoms with Crippen LogP contribution in [0.2, 0.25) is 0 Å². The predicted octanol–water partition coefficient (Wildman–Crippen LogP) is -2.47. The van der Waals surface area contributed by atoms with E-state index in [4.69, 9.17) is 0 Å². The summed E-state index contributed by atoms with van der Waals surface area (Å²) >= 11 is 0. The van der Waals surface area contributed by atoms with Crippen molar-refractivity contribution >= 4 is 0 Å². The summed E-state index contributed by atoms with van der Waals surface area (Å²) in [5.74, 6) is 0. The van der Waals surface area contributed by atoms with Gasteiger partial charge in [-0.25, -0.2) is 0 Å². The molecule has 0 aliphatic heterocycles. The monoisotopic (exact) mass is 92.0 g/mol. The smallest absolute Gasteiger partial charge is 1.00 e. The minimum atomic E-state index is 0. The molecule has 0 aliphatic carbocycles. The molecule has 28 valence electrons. The molecule has 3 heteroatoms. The molecule has 1 aromatic heterocycles. The molecule has 0 amide bonds. The first-order valence-corrected chi connectivity index (χ1v) is 1.44. The Hall–Kier alpha value is 0.210. The number of hydrogen-bond acceptors (Lipinski definition) is 1. The molecular weight excluding hydrogens is 87.0 g/mol. The van der Waals surface area contributed by atoms with Crippen molar-refractivity contribution in [3.8, 4) is 0 Å². The second kappa shape index (κ2) is 3.40. The summed E-state index contributed by atoms with van der Waals surface area (Å²) in [6.45, 7) is 0. The Labute approximate surface area is 59.7 Å². The van der Waals surface area contributed by atoms with Crippen LogP contribution in [0.3, 0.4) is 0 Å². The Morgan fingerprint density at radius 2 is 2.50 bits per heavy atom. The fourth-order valence-electron chi connectivity index (χ4n) is 0.215. The molecule has 0 unspecified atom stereocenters. The quantitative estimate of drug-likeness (QED) is 0.353. The Morgan fingerprint density at radius 3 is 2.67 bits per heavy atom. The number of rotatable bonds is 0. The third-order valence-corrected chi connectivity index (χ3v) is 0.406. The molecule has 0 radical (unpaired) electrons. The summed E-state index contributed by atoms with van der Waals surface area (Å²) in [5.41, 5.74) is 0. The van der Waals surface area contributed by atoms with Crippen molar-refractivity contribution in [1.82, 2.24) is 10.2 Å². The van der Waals surface area contributed by atoms with Crippen LogP contribution < -0.4 is 29.6 Å². The van der Waals surface area contributed by atoms with E-state index in [1.165, 1.54) is 0 Å². The van der Waals surface area contributed by atoms with Gasteiger partial charge in [-0.1, -0.05) is 0 Å². The van der Waals surface area contributed by atoms with E-state index in [9.17, 15) is 0 Å². The normalized spacial score (nSPS) is 6.67. The zero-order valence-electron chi connectivity index (χ0n) is 4.68. The molecule has 2 nitrogen and oxygen atoms in total. The second-order valence-electron chi connectivity index (χ2n) is 0.766. The van der Waals surface area contributed by atoms with Gasteiger partial charge >= 0.3 is 29.6 Å². The van der Waals surface area contributed by atoms with Crippen LogP contribution in [0, 0.1) is 0 Å². The van der Waals surface area contributed by atoms with E-state index in [0.717, 1.165) is 0 Å². The number of aromatic nitrogens is 2. The first-order chi connectivity index (χ1) is 2.50. The van der Waals surface area contributed by atoms with E-state index in [0.29, 0.717) is 0 Å². The molecule has 1 N–H and O–H groups in total. The maximum Gasteiger partial charge on any atom is 1.00 e. The summed E-state index contributed by atoms with van der Waals surface area (Å²) in [4.78, 5) is 0. The zero-order valence-corrected chi connectivity index (χ0v) is 5.68. The summed E-state index contributed by atoms with van der Waals surface area (Å²) in [6.07, 6.45) is 3.46. The van der Waals surface area contributed by atoms with Gasteiger partial charge in [0.25, 0.3) is 0 Å². The molecule has 1 rings (SSSR count). The van der Waals surface area contributed by atoms with Crippen molar-refractivity contribution in [2.45, 2.75) is 0 Å². The van der Waals surface area contributed by atoms with Crippen molar-refractivity contribution in [1.29, 1.82) is 0 Å². The van der Waals surface area contributed by atoms with Crippen molar-refractivity contribution in [3.05, 3.63) is 18.5 Å². The first-order valence-electron chi connectivity index (χ1n) is 1.44. The van der Waals surface area contributed by atoms with Gasteiger partial charge in [0.15, 0.2) is 0 Å². The zero-order chi connectivity index (χ0) is 3.54. The van der Waals surface area contributed by atoms with Gasteiger partial charge in [-0.15, -0.1) is 0 Å². The summed E-state index contributed by atoms with van der Waals surface area (Å²) in [5, 5.41) is 6.21. The second-order valence-corrected chi connectivity index (χ2v) is 0.766. The Bertz CT molecular complexity index is 69.4. The Kier molecular flexibility index (Phi) is 3.52. The first kappa shape index (κ1) is 6.21. The van der Waals surface area contributed by atoms with E-state index in [2.05, 4.69) is 10.2 Å². The van der Waals surface area contributed by atoms with Crippen LogP contribution in [-0.4, -0.2) is 10.2 Å².